The molecule has 2 amide bonds. The van der Waals surface area contributed by atoms with Crippen molar-refractivity contribution >= 4 is 11.8 Å². The maximum Gasteiger partial charge on any atom is 0.273 e. The third-order valence-corrected chi connectivity index (χ3v) is 5.29. The van der Waals surface area contributed by atoms with Crippen molar-refractivity contribution < 1.29 is 19.2 Å². The zero-order valence-corrected chi connectivity index (χ0v) is 15.4. The molecule has 144 valence electrons. The molecule has 2 N–H and O–H groups in total. The minimum absolute atomic E-state index is 0.0215. The van der Waals surface area contributed by atoms with Gasteiger partial charge >= 0.3 is 0 Å². The van der Waals surface area contributed by atoms with Gasteiger partial charge in [-0.2, -0.15) is 5.10 Å². The van der Waals surface area contributed by atoms with E-state index in [9.17, 15) is 14.7 Å². The number of rotatable bonds is 3. The predicted octanol–water partition coefficient (Wildman–Crippen LogP) is 0.400. The molecule has 9 heteroatoms. The molecule has 2 aromatic rings. The lowest BCUT2D eigenvalue weighted by molar-refractivity contribution is -0.137. The van der Waals surface area contributed by atoms with Crippen LogP contribution in [0.5, 0.6) is 0 Å². The van der Waals surface area contributed by atoms with Gasteiger partial charge in [0, 0.05) is 18.5 Å². The van der Waals surface area contributed by atoms with Crippen LogP contribution >= 0.6 is 0 Å². The third-order valence-electron chi connectivity index (χ3n) is 5.29. The Morgan fingerprint density at radius 1 is 1.26 bits per heavy atom. The van der Waals surface area contributed by atoms with Crippen LogP contribution in [0.3, 0.4) is 0 Å². The summed E-state index contributed by atoms with van der Waals surface area (Å²) in [5.41, 5.74) is 2.15. The van der Waals surface area contributed by atoms with Crippen LogP contribution in [0.25, 0.3) is 0 Å². The first-order valence-electron chi connectivity index (χ1n) is 9.15. The van der Waals surface area contributed by atoms with Crippen LogP contribution in [-0.4, -0.2) is 55.4 Å². The number of aromatic nitrogens is 3. The average Bonchev–Trinajstić information content (AvgIpc) is 3.32. The Kier molecular flexibility index (Phi) is 4.47. The topological polar surface area (TPSA) is 113 Å². The van der Waals surface area contributed by atoms with Gasteiger partial charge in [-0.1, -0.05) is 5.16 Å². The van der Waals surface area contributed by atoms with Gasteiger partial charge in [0.1, 0.15) is 5.76 Å². The van der Waals surface area contributed by atoms with Crippen molar-refractivity contribution in [2.45, 2.75) is 51.9 Å². The van der Waals surface area contributed by atoms with Crippen molar-refractivity contribution in [1.82, 2.24) is 25.2 Å². The first-order chi connectivity index (χ1) is 12.9. The molecule has 0 bridgehead atoms. The molecule has 0 unspecified atom stereocenters. The van der Waals surface area contributed by atoms with Gasteiger partial charge in [-0.05, 0) is 32.8 Å². The van der Waals surface area contributed by atoms with E-state index in [1.54, 1.807) is 6.92 Å². The molecule has 1 fully saturated rings. The van der Waals surface area contributed by atoms with Gasteiger partial charge in [0.05, 0.1) is 36.6 Å². The summed E-state index contributed by atoms with van der Waals surface area (Å²) in [5, 5.41) is 21.2. The van der Waals surface area contributed by atoms with Crippen molar-refractivity contribution in [3.8, 4) is 0 Å². The van der Waals surface area contributed by atoms with Crippen LogP contribution in [0.4, 0.5) is 0 Å². The number of aryl methyl sites for hydroxylation is 2. The van der Waals surface area contributed by atoms with Gasteiger partial charge in [-0.3, -0.25) is 14.3 Å². The summed E-state index contributed by atoms with van der Waals surface area (Å²) in [4.78, 5) is 27.0. The molecule has 0 aromatic carbocycles. The average molecular weight is 373 g/mol. The summed E-state index contributed by atoms with van der Waals surface area (Å²) in [6, 6.07) is 3.06. The first kappa shape index (κ1) is 17.7. The van der Waals surface area contributed by atoms with E-state index in [1.165, 1.54) is 6.07 Å². The van der Waals surface area contributed by atoms with E-state index < -0.39 is 18.1 Å². The first-order valence-corrected chi connectivity index (χ1v) is 9.15. The van der Waals surface area contributed by atoms with Crippen molar-refractivity contribution in [2.75, 3.05) is 6.54 Å². The molecular formula is C18H23N5O4. The Morgan fingerprint density at radius 2 is 2.07 bits per heavy atom. The summed E-state index contributed by atoms with van der Waals surface area (Å²) < 4.78 is 6.84. The Hall–Kier alpha value is -2.68. The number of carbonyl (C=O) groups is 2. The minimum Gasteiger partial charge on any atom is -0.391 e. The molecule has 1 aliphatic carbocycles. The van der Waals surface area contributed by atoms with Gasteiger partial charge in [-0.25, -0.2) is 0 Å². The van der Waals surface area contributed by atoms with Gasteiger partial charge in [0.2, 0.25) is 5.91 Å². The van der Waals surface area contributed by atoms with Crippen molar-refractivity contribution in [2.24, 2.45) is 5.92 Å². The second-order valence-electron chi connectivity index (χ2n) is 7.40. The maximum absolute atomic E-state index is 12.9. The molecule has 1 saturated carbocycles. The van der Waals surface area contributed by atoms with E-state index in [0.717, 1.165) is 11.4 Å². The number of hydrogen-bond donors (Lipinski definition) is 2. The monoisotopic (exact) mass is 373 g/mol. The van der Waals surface area contributed by atoms with Crippen molar-refractivity contribution in [1.29, 1.82) is 0 Å². The number of hydrogen-bond acceptors (Lipinski definition) is 6. The standard InChI is InChI=1S/C18H23N5O4/c1-10-5-13-9-22(3-4-23(13)20-10)18(26)12-7-14(16(24)8-12)19-17(25)15-6-11(2)27-21-15/h5-6,12,14,16,24H,3-4,7-9H2,1-2H3,(H,19,25)/t12-,14+,16+/m0/s1. The fourth-order valence-corrected chi connectivity index (χ4v) is 3.94. The number of carbonyl (C=O) groups excluding carboxylic acids is 2. The summed E-state index contributed by atoms with van der Waals surface area (Å²) in [6.45, 7) is 5.45. The number of fused-ring (bicyclic) bond motifs is 1. The van der Waals surface area contributed by atoms with Crippen LogP contribution in [0.15, 0.2) is 16.7 Å². The molecule has 0 saturated heterocycles. The van der Waals surface area contributed by atoms with Gasteiger partial charge < -0.3 is 19.8 Å². The van der Waals surface area contributed by atoms with E-state index in [0.29, 0.717) is 38.2 Å². The van der Waals surface area contributed by atoms with E-state index >= 15 is 0 Å². The molecular weight excluding hydrogens is 350 g/mol. The highest BCUT2D eigenvalue weighted by Gasteiger charge is 2.40. The van der Waals surface area contributed by atoms with Crippen molar-refractivity contribution in [3.05, 3.63) is 35.0 Å². The molecule has 3 heterocycles. The normalized spacial score (nSPS) is 24.7. The zero-order valence-electron chi connectivity index (χ0n) is 15.4. The SMILES string of the molecule is Cc1cc2n(n1)CCN(C(=O)[C@@H]1C[C@@H](O)[C@H](NC(=O)c3cc(C)on3)C1)C2. The Labute approximate surface area is 156 Å². The van der Waals surface area contributed by atoms with Crippen molar-refractivity contribution in [3.63, 3.8) is 0 Å². The van der Waals surface area contributed by atoms with Gasteiger partial charge in [-0.15, -0.1) is 0 Å². The fraction of sp³-hybridized carbons (Fsp3) is 0.556. The summed E-state index contributed by atoms with van der Waals surface area (Å²) in [6.07, 6.45) is 0.00166. The summed E-state index contributed by atoms with van der Waals surface area (Å²) in [7, 11) is 0. The Bertz CT molecular complexity index is 873. The molecule has 4 rings (SSSR count). The van der Waals surface area contributed by atoms with Crippen LogP contribution in [-0.2, 0) is 17.9 Å². The summed E-state index contributed by atoms with van der Waals surface area (Å²) >= 11 is 0. The molecule has 3 atom stereocenters. The predicted molar refractivity (Wildman–Crippen MR) is 93.6 cm³/mol. The summed E-state index contributed by atoms with van der Waals surface area (Å²) in [5.74, 6) is -0.144. The lowest BCUT2D eigenvalue weighted by Crippen LogP contribution is -2.42. The molecule has 2 aliphatic rings. The molecule has 0 spiro atoms. The third kappa shape index (κ3) is 3.46. The fourth-order valence-electron chi connectivity index (χ4n) is 3.94. The zero-order chi connectivity index (χ0) is 19.1. The number of nitrogens with one attached hydrogen (secondary N) is 1. The Balaban J connectivity index is 1.38. The highest BCUT2D eigenvalue weighted by Crippen LogP contribution is 2.29. The van der Waals surface area contributed by atoms with Crippen LogP contribution in [0.1, 0.15) is 40.5 Å². The second-order valence-corrected chi connectivity index (χ2v) is 7.40. The molecule has 0 radical (unpaired) electrons. The molecule has 2 aromatic heterocycles. The minimum atomic E-state index is -0.756. The van der Waals surface area contributed by atoms with Crippen LogP contribution < -0.4 is 5.32 Å². The van der Waals surface area contributed by atoms with E-state index in [-0.39, 0.29) is 17.5 Å². The number of aliphatic hydroxyl groups is 1. The largest absolute Gasteiger partial charge is 0.391 e. The van der Waals surface area contributed by atoms with Gasteiger partial charge in [0.15, 0.2) is 5.69 Å². The lowest BCUT2D eigenvalue weighted by Gasteiger charge is -2.29. The number of aliphatic hydroxyl groups excluding tert-OH is 1. The Morgan fingerprint density at radius 3 is 2.81 bits per heavy atom. The van der Waals surface area contributed by atoms with Gasteiger partial charge in [0.25, 0.3) is 5.91 Å². The van der Waals surface area contributed by atoms with E-state index in [2.05, 4.69) is 15.6 Å². The lowest BCUT2D eigenvalue weighted by atomic mass is 10.1. The van der Waals surface area contributed by atoms with E-state index in [1.807, 2.05) is 22.6 Å². The highest BCUT2D eigenvalue weighted by molar-refractivity contribution is 5.92. The van der Waals surface area contributed by atoms with Crippen LogP contribution in [0.2, 0.25) is 0 Å². The van der Waals surface area contributed by atoms with Crippen LogP contribution in [0, 0.1) is 19.8 Å². The maximum atomic E-state index is 12.9. The molecule has 27 heavy (non-hydrogen) atoms. The number of nitrogens with zero attached hydrogens (tertiary/aromatic N) is 4. The smallest absolute Gasteiger partial charge is 0.273 e. The highest BCUT2D eigenvalue weighted by atomic mass is 16.5. The number of amides is 2. The van der Waals surface area contributed by atoms with E-state index in [4.69, 9.17) is 4.52 Å². The second kappa shape index (κ2) is 6.80. The molecule has 1 aliphatic heterocycles. The quantitative estimate of drug-likeness (QED) is 0.805. The molecule has 9 nitrogen and oxygen atoms in total.